The summed E-state index contributed by atoms with van der Waals surface area (Å²) >= 11 is 0. The van der Waals surface area contributed by atoms with Gasteiger partial charge in [0.05, 0.1) is 30.5 Å². The van der Waals surface area contributed by atoms with Crippen LogP contribution in [0.25, 0.3) is 10.9 Å². The van der Waals surface area contributed by atoms with Crippen molar-refractivity contribution in [1.29, 1.82) is 0 Å². The summed E-state index contributed by atoms with van der Waals surface area (Å²) < 4.78 is 10.1. The molecule has 1 aromatic heterocycles. The van der Waals surface area contributed by atoms with E-state index < -0.39 is 17.4 Å². The molecule has 128 valence electrons. The number of hydrogen-bond donors (Lipinski definition) is 2. The summed E-state index contributed by atoms with van der Waals surface area (Å²) in [6.07, 6.45) is 0. The standard InChI is InChI=1S/C17H20N2O5/c1-10-13(15(20)19-17(2,9-23-3)16(21)22)7-11-5-6-12(24-4)8-14(11)18-10/h5-8H,9H2,1-4H3,(H,19,20)(H,21,22). The number of rotatable bonds is 6. The topological polar surface area (TPSA) is 97.8 Å². The van der Waals surface area contributed by atoms with Crippen molar-refractivity contribution < 1.29 is 24.2 Å². The van der Waals surface area contributed by atoms with Gasteiger partial charge in [-0.1, -0.05) is 0 Å². The van der Waals surface area contributed by atoms with Gasteiger partial charge in [-0.15, -0.1) is 0 Å². The van der Waals surface area contributed by atoms with Gasteiger partial charge in [-0.05, 0) is 32.0 Å². The highest BCUT2D eigenvalue weighted by atomic mass is 16.5. The number of nitrogens with zero attached hydrogens (tertiary/aromatic N) is 1. The van der Waals surface area contributed by atoms with Crippen LogP contribution < -0.4 is 10.1 Å². The van der Waals surface area contributed by atoms with E-state index in [-0.39, 0.29) is 6.61 Å². The number of amides is 1. The van der Waals surface area contributed by atoms with Crippen LogP contribution in [0.15, 0.2) is 24.3 Å². The first-order valence-corrected chi connectivity index (χ1v) is 7.31. The second-order valence-corrected chi connectivity index (χ2v) is 5.70. The molecule has 7 heteroatoms. The third-order valence-electron chi connectivity index (χ3n) is 3.75. The molecule has 24 heavy (non-hydrogen) atoms. The van der Waals surface area contributed by atoms with Crippen molar-refractivity contribution in [2.75, 3.05) is 20.8 Å². The van der Waals surface area contributed by atoms with Gasteiger partial charge in [-0.3, -0.25) is 9.78 Å². The van der Waals surface area contributed by atoms with E-state index in [0.29, 0.717) is 22.5 Å². The van der Waals surface area contributed by atoms with Crippen molar-refractivity contribution in [2.45, 2.75) is 19.4 Å². The Morgan fingerprint density at radius 1 is 1.29 bits per heavy atom. The maximum Gasteiger partial charge on any atom is 0.331 e. The molecular weight excluding hydrogens is 312 g/mol. The summed E-state index contributed by atoms with van der Waals surface area (Å²) in [4.78, 5) is 28.4. The molecule has 0 radical (unpaired) electrons. The van der Waals surface area contributed by atoms with Gasteiger partial charge in [0, 0.05) is 18.6 Å². The van der Waals surface area contributed by atoms with Gasteiger partial charge in [-0.25, -0.2) is 4.79 Å². The first-order valence-electron chi connectivity index (χ1n) is 7.31. The highest BCUT2D eigenvalue weighted by Gasteiger charge is 2.35. The number of nitrogens with one attached hydrogen (secondary N) is 1. The van der Waals surface area contributed by atoms with Crippen molar-refractivity contribution in [3.63, 3.8) is 0 Å². The fourth-order valence-corrected chi connectivity index (χ4v) is 2.36. The summed E-state index contributed by atoms with van der Waals surface area (Å²) in [5.74, 6) is -1.02. The number of carbonyl (C=O) groups excluding carboxylic acids is 1. The van der Waals surface area contributed by atoms with Crippen LogP contribution in [0.2, 0.25) is 0 Å². The number of pyridine rings is 1. The van der Waals surface area contributed by atoms with Gasteiger partial charge in [0.2, 0.25) is 0 Å². The van der Waals surface area contributed by atoms with Crippen molar-refractivity contribution >= 4 is 22.8 Å². The van der Waals surface area contributed by atoms with Crippen LogP contribution >= 0.6 is 0 Å². The highest BCUT2D eigenvalue weighted by Crippen LogP contribution is 2.22. The first-order chi connectivity index (χ1) is 11.3. The molecule has 1 unspecified atom stereocenters. The van der Waals surface area contributed by atoms with E-state index in [2.05, 4.69) is 10.3 Å². The molecule has 0 saturated carbocycles. The molecule has 0 aliphatic rings. The number of fused-ring (bicyclic) bond motifs is 1. The molecule has 0 aliphatic carbocycles. The van der Waals surface area contributed by atoms with Gasteiger partial charge in [0.15, 0.2) is 5.54 Å². The van der Waals surface area contributed by atoms with E-state index in [1.165, 1.54) is 14.0 Å². The van der Waals surface area contributed by atoms with E-state index in [0.717, 1.165) is 5.39 Å². The van der Waals surface area contributed by atoms with Crippen LogP contribution in [0.1, 0.15) is 23.0 Å². The minimum atomic E-state index is -1.52. The average molecular weight is 332 g/mol. The monoisotopic (exact) mass is 332 g/mol. The second kappa shape index (κ2) is 6.84. The van der Waals surface area contributed by atoms with E-state index in [9.17, 15) is 14.7 Å². The van der Waals surface area contributed by atoms with Crippen LogP contribution in [0.5, 0.6) is 5.75 Å². The molecule has 1 heterocycles. The maximum absolute atomic E-state index is 12.5. The third-order valence-corrected chi connectivity index (χ3v) is 3.75. The SMILES string of the molecule is COCC(C)(NC(=O)c1cc2ccc(OC)cc2nc1C)C(=O)O. The van der Waals surface area contributed by atoms with E-state index in [4.69, 9.17) is 9.47 Å². The number of ether oxygens (including phenoxy) is 2. The molecule has 2 rings (SSSR count). The van der Waals surface area contributed by atoms with Crippen LogP contribution in [-0.4, -0.2) is 48.3 Å². The lowest BCUT2D eigenvalue weighted by Gasteiger charge is -2.25. The molecule has 0 saturated heterocycles. The van der Waals surface area contributed by atoms with E-state index >= 15 is 0 Å². The Balaban J connectivity index is 2.39. The summed E-state index contributed by atoms with van der Waals surface area (Å²) in [5.41, 5.74) is -0.0106. The molecule has 2 aromatic rings. The van der Waals surface area contributed by atoms with Crippen LogP contribution in [0, 0.1) is 6.92 Å². The summed E-state index contributed by atoms with van der Waals surface area (Å²) in [7, 11) is 2.95. The number of carbonyl (C=O) groups is 2. The zero-order valence-corrected chi connectivity index (χ0v) is 14.0. The fraction of sp³-hybridized carbons (Fsp3) is 0.353. The van der Waals surface area contributed by atoms with Gasteiger partial charge >= 0.3 is 5.97 Å². The summed E-state index contributed by atoms with van der Waals surface area (Å²) in [6, 6.07) is 7.02. The Bertz CT molecular complexity index is 790. The Hall–Kier alpha value is -2.67. The third kappa shape index (κ3) is 3.46. The number of aryl methyl sites for hydroxylation is 1. The maximum atomic E-state index is 12.5. The van der Waals surface area contributed by atoms with E-state index in [1.807, 2.05) is 0 Å². The van der Waals surface area contributed by atoms with Crippen LogP contribution in [0.3, 0.4) is 0 Å². The Morgan fingerprint density at radius 2 is 2.00 bits per heavy atom. The smallest absolute Gasteiger partial charge is 0.331 e. The van der Waals surface area contributed by atoms with Gasteiger partial charge < -0.3 is 19.9 Å². The largest absolute Gasteiger partial charge is 0.497 e. The molecular formula is C17H20N2O5. The Kier molecular flexibility index (Phi) is 5.04. The molecule has 0 aliphatic heterocycles. The number of carboxylic acid groups (broad SMARTS) is 1. The zero-order chi connectivity index (χ0) is 17.9. The minimum absolute atomic E-state index is 0.147. The predicted octanol–water partition coefficient (Wildman–Crippen LogP) is 1.77. The van der Waals surface area contributed by atoms with Crippen molar-refractivity contribution in [3.05, 3.63) is 35.5 Å². The second-order valence-electron chi connectivity index (χ2n) is 5.70. The number of methoxy groups -OCH3 is 2. The zero-order valence-electron chi connectivity index (χ0n) is 14.0. The van der Waals surface area contributed by atoms with Gasteiger partial charge in [-0.2, -0.15) is 0 Å². The fourth-order valence-electron chi connectivity index (χ4n) is 2.36. The lowest BCUT2D eigenvalue weighted by atomic mass is 10.0. The number of benzene rings is 1. The van der Waals surface area contributed by atoms with E-state index in [1.54, 1.807) is 38.3 Å². The highest BCUT2D eigenvalue weighted by molar-refractivity contribution is 6.01. The first kappa shape index (κ1) is 17.7. The molecule has 0 fully saturated rings. The molecule has 1 amide bonds. The van der Waals surface area contributed by atoms with Crippen molar-refractivity contribution in [2.24, 2.45) is 0 Å². The average Bonchev–Trinajstić information content (AvgIpc) is 2.53. The summed E-state index contributed by atoms with van der Waals surface area (Å²) in [5, 5.41) is 12.6. The Morgan fingerprint density at radius 3 is 2.58 bits per heavy atom. The molecule has 0 spiro atoms. The molecule has 0 bridgehead atoms. The number of hydrogen-bond acceptors (Lipinski definition) is 5. The molecule has 7 nitrogen and oxygen atoms in total. The number of aliphatic carboxylic acids is 1. The lowest BCUT2D eigenvalue weighted by Crippen LogP contribution is -2.55. The number of carboxylic acids is 1. The molecule has 1 atom stereocenters. The molecule has 2 N–H and O–H groups in total. The van der Waals surface area contributed by atoms with Crippen LogP contribution in [0.4, 0.5) is 0 Å². The Labute approximate surface area is 139 Å². The van der Waals surface area contributed by atoms with Gasteiger partial charge in [0.25, 0.3) is 5.91 Å². The predicted molar refractivity (Wildman–Crippen MR) is 88.4 cm³/mol. The quantitative estimate of drug-likeness (QED) is 0.837. The normalized spacial score (nSPS) is 13.3. The molecule has 1 aromatic carbocycles. The van der Waals surface area contributed by atoms with Crippen LogP contribution in [-0.2, 0) is 9.53 Å². The minimum Gasteiger partial charge on any atom is -0.497 e. The number of aromatic nitrogens is 1. The van der Waals surface area contributed by atoms with Crippen molar-refractivity contribution in [1.82, 2.24) is 10.3 Å². The van der Waals surface area contributed by atoms with Gasteiger partial charge in [0.1, 0.15) is 5.75 Å². The lowest BCUT2D eigenvalue weighted by molar-refractivity contribution is -0.145. The summed E-state index contributed by atoms with van der Waals surface area (Å²) in [6.45, 7) is 2.94. The van der Waals surface area contributed by atoms with Crippen molar-refractivity contribution in [3.8, 4) is 5.75 Å².